The first-order valence-electron chi connectivity index (χ1n) is 6.22. The van der Waals surface area contributed by atoms with Crippen LogP contribution in [-0.2, 0) is 0 Å². The van der Waals surface area contributed by atoms with Crippen molar-refractivity contribution in [3.8, 4) is 0 Å². The number of nitrogens with zero attached hydrogens (tertiary/aromatic N) is 1. The molecule has 1 saturated carbocycles. The summed E-state index contributed by atoms with van der Waals surface area (Å²) in [6, 6.07) is 0. The van der Waals surface area contributed by atoms with Crippen molar-refractivity contribution in [3.63, 3.8) is 0 Å². The molecule has 0 radical (unpaired) electrons. The van der Waals surface area contributed by atoms with Crippen LogP contribution in [0.4, 0.5) is 13.2 Å². The molecule has 2 N–H and O–H groups in total. The highest BCUT2D eigenvalue weighted by Crippen LogP contribution is 2.39. The fourth-order valence-corrected chi connectivity index (χ4v) is 3.10. The average Bonchev–Trinajstić information content (AvgIpc) is 2.14. The third-order valence-corrected chi connectivity index (χ3v) is 3.67. The molecule has 17 heavy (non-hydrogen) atoms. The smallest absolute Gasteiger partial charge is 0.330 e. The van der Waals surface area contributed by atoms with E-state index in [1.807, 2.05) is 0 Å². The van der Waals surface area contributed by atoms with Gasteiger partial charge in [0.1, 0.15) is 0 Å². The van der Waals surface area contributed by atoms with Crippen LogP contribution in [0.25, 0.3) is 0 Å². The Labute approximate surface area is 101 Å². The minimum absolute atomic E-state index is 0.113. The Kier molecular flexibility index (Phi) is 4.84. The van der Waals surface area contributed by atoms with E-state index < -0.39 is 12.7 Å². The standard InChI is InChI=1S/C12H23F3N2/c1-10-4-3-5-11(6-10,7-16)8-17(2)9-12(13,14)15/h10H,3-9,16H2,1-2H3. The molecule has 0 aromatic heterocycles. The largest absolute Gasteiger partial charge is 0.401 e. The topological polar surface area (TPSA) is 29.3 Å². The van der Waals surface area contributed by atoms with E-state index in [0.29, 0.717) is 19.0 Å². The van der Waals surface area contributed by atoms with Crippen molar-refractivity contribution in [2.75, 3.05) is 26.7 Å². The number of hydrogen-bond donors (Lipinski definition) is 1. The Morgan fingerprint density at radius 1 is 1.41 bits per heavy atom. The van der Waals surface area contributed by atoms with Gasteiger partial charge in [-0.3, -0.25) is 4.90 Å². The lowest BCUT2D eigenvalue weighted by molar-refractivity contribution is -0.146. The van der Waals surface area contributed by atoms with Crippen molar-refractivity contribution < 1.29 is 13.2 Å². The van der Waals surface area contributed by atoms with Crippen molar-refractivity contribution in [1.29, 1.82) is 0 Å². The van der Waals surface area contributed by atoms with Crippen LogP contribution < -0.4 is 5.73 Å². The Morgan fingerprint density at radius 2 is 2.06 bits per heavy atom. The van der Waals surface area contributed by atoms with Crippen LogP contribution >= 0.6 is 0 Å². The van der Waals surface area contributed by atoms with Crippen molar-refractivity contribution >= 4 is 0 Å². The summed E-state index contributed by atoms with van der Waals surface area (Å²) in [5.74, 6) is 0.576. The van der Waals surface area contributed by atoms with E-state index in [-0.39, 0.29) is 5.41 Å². The van der Waals surface area contributed by atoms with Crippen LogP contribution in [0.2, 0.25) is 0 Å². The fraction of sp³-hybridized carbons (Fsp3) is 1.00. The van der Waals surface area contributed by atoms with Gasteiger partial charge < -0.3 is 5.73 Å². The summed E-state index contributed by atoms with van der Waals surface area (Å²) in [6.07, 6.45) is 0.0372. The van der Waals surface area contributed by atoms with Crippen LogP contribution in [0.1, 0.15) is 32.6 Å². The van der Waals surface area contributed by atoms with Gasteiger partial charge in [-0.1, -0.05) is 19.8 Å². The molecule has 0 saturated heterocycles. The van der Waals surface area contributed by atoms with Gasteiger partial charge in [-0.25, -0.2) is 0 Å². The highest BCUT2D eigenvalue weighted by Gasteiger charge is 2.37. The summed E-state index contributed by atoms with van der Waals surface area (Å²) in [7, 11) is 1.53. The molecule has 0 amide bonds. The van der Waals surface area contributed by atoms with Crippen molar-refractivity contribution in [2.45, 2.75) is 38.8 Å². The summed E-state index contributed by atoms with van der Waals surface area (Å²) in [4.78, 5) is 1.37. The van der Waals surface area contributed by atoms with E-state index in [9.17, 15) is 13.2 Å². The van der Waals surface area contributed by atoms with Gasteiger partial charge in [0.05, 0.1) is 6.54 Å². The Hall–Kier alpha value is -0.290. The van der Waals surface area contributed by atoms with Crippen molar-refractivity contribution in [2.24, 2.45) is 17.1 Å². The Morgan fingerprint density at radius 3 is 2.53 bits per heavy atom. The summed E-state index contributed by atoms with van der Waals surface area (Å²) in [5.41, 5.74) is 5.69. The number of alkyl halides is 3. The molecule has 0 aromatic carbocycles. The molecular formula is C12H23F3N2. The molecule has 1 rings (SSSR count). The molecule has 0 spiro atoms. The van der Waals surface area contributed by atoms with Crippen LogP contribution in [-0.4, -0.2) is 37.8 Å². The molecule has 0 heterocycles. The van der Waals surface area contributed by atoms with Gasteiger partial charge in [-0.05, 0) is 37.8 Å². The van der Waals surface area contributed by atoms with E-state index in [4.69, 9.17) is 5.73 Å². The van der Waals surface area contributed by atoms with Crippen LogP contribution in [0.15, 0.2) is 0 Å². The van der Waals surface area contributed by atoms with Gasteiger partial charge in [-0.15, -0.1) is 0 Å². The zero-order valence-electron chi connectivity index (χ0n) is 10.7. The van der Waals surface area contributed by atoms with Crippen LogP contribution in [0.5, 0.6) is 0 Å². The summed E-state index contributed by atoms with van der Waals surface area (Å²) < 4.78 is 36.9. The fourth-order valence-electron chi connectivity index (χ4n) is 3.10. The lowest BCUT2D eigenvalue weighted by atomic mass is 9.70. The normalized spacial score (nSPS) is 30.9. The van der Waals surface area contributed by atoms with E-state index in [1.165, 1.54) is 18.4 Å². The molecule has 0 bridgehead atoms. The van der Waals surface area contributed by atoms with Gasteiger partial charge in [0.25, 0.3) is 0 Å². The number of nitrogens with two attached hydrogens (primary N) is 1. The van der Waals surface area contributed by atoms with E-state index in [0.717, 1.165) is 19.3 Å². The van der Waals surface area contributed by atoms with Gasteiger partial charge in [0, 0.05) is 6.54 Å². The first kappa shape index (κ1) is 14.8. The Balaban J connectivity index is 2.56. The molecule has 1 fully saturated rings. The third-order valence-electron chi connectivity index (χ3n) is 3.67. The molecular weight excluding hydrogens is 229 g/mol. The highest BCUT2D eigenvalue weighted by molar-refractivity contribution is 4.88. The van der Waals surface area contributed by atoms with Crippen LogP contribution in [0.3, 0.4) is 0 Å². The number of hydrogen-bond acceptors (Lipinski definition) is 2. The first-order valence-corrected chi connectivity index (χ1v) is 6.22. The molecule has 1 aliphatic rings. The lowest BCUT2D eigenvalue weighted by Crippen LogP contribution is -2.46. The Bertz CT molecular complexity index is 242. The summed E-state index contributed by atoms with van der Waals surface area (Å²) >= 11 is 0. The molecule has 2 nitrogen and oxygen atoms in total. The summed E-state index contributed by atoms with van der Waals surface area (Å²) in [5, 5.41) is 0. The maximum absolute atomic E-state index is 12.3. The van der Waals surface area contributed by atoms with Crippen LogP contribution in [0, 0.1) is 11.3 Å². The second-order valence-electron chi connectivity index (χ2n) is 5.69. The zero-order valence-corrected chi connectivity index (χ0v) is 10.7. The van der Waals surface area contributed by atoms with E-state index in [1.54, 1.807) is 0 Å². The highest BCUT2D eigenvalue weighted by atomic mass is 19.4. The molecule has 5 heteroatoms. The second kappa shape index (κ2) is 5.57. The van der Waals surface area contributed by atoms with Crippen molar-refractivity contribution in [1.82, 2.24) is 4.90 Å². The molecule has 0 aliphatic heterocycles. The zero-order chi connectivity index (χ0) is 13.1. The number of rotatable bonds is 4. The molecule has 2 atom stereocenters. The SMILES string of the molecule is CC1CCCC(CN)(CN(C)CC(F)(F)F)C1. The molecule has 2 unspecified atom stereocenters. The summed E-state index contributed by atoms with van der Waals surface area (Å²) in [6.45, 7) is 2.25. The maximum Gasteiger partial charge on any atom is 0.401 e. The van der Waals surface area contributed by atoms with Crippen molar-refractivity contribution in [3.05, 3.63) is 0 Å². The predicted molar refractivity (Wildman–Crippen MR) is 62.7 cm³/mol. The first-order chi connectivity index (χ1) is 7.76. The minimum atomic E-state index is -4.12. The van der Waals surface area contributed by atoms with Gasteiger partial charge >= 0.3 is 6.18 Å². The van der Waals surface area contributed by atoms with Gasteiger partial charge in [-0.2, -0.15) is 13.2 Å². The quantitative estimate of drug-likeness (QED) is 0.833. The third kappa shape index (κ3) is 4.84. The monoisotopic (exact) mass is 252 g/mol. The van der Waals surface area contributed by atoms with E-state index in [2.05, 4.69) is 6.92 Å². The lowest BCUT2D eigenvalue weighted by Gasteiger charge is -2.41. The molecule has 1 aliphatic carbocycles. The second-order valence-corrected chi connectivity index (χ2v) is 5.69. The van der Waals surface area contributed by atoms with Gasteiger partial charge in [0.15, 0.2) is 0 Å². The number of halogens is 3. The maximum atomic E-state index is 12.3. The predicted octanol–water partition coefficient (Wildman–Crippen LogP) is 2.64. The van der Waals surface area contributed by atoms with Gasteiger partial charge in [0.2, 0.25) is 0 Å². The minimum Gasteiger partial charge on any atom is -0.330 e. The van der Waals surface area contributed by atoms with E-state index >= 15 is 0 Å². The molecule has 102 valence electrons. The average molecular weight is 252 g/mol. The molecule has 0 aromatic rings.